The number of alkyl carbamates (subject to hydrolysis) is 1. The molecule has 1 aromatic heterocycles. The van der Waals surface area contributed by atoms with Crippen LogP contribution in [-0.4, -0.2) is 32.9 Å². The van der Waals surface area contributed by atoms with Gasteiger partial charge in [-0.1, -0.05) is 30.3 Å². The van der Waals surface area contributed by atoms with E-state index in [1.54, 1.807) is 12.5 Å². The number of imidazole rings is 1. The molecule has 0 saturated heterocycles. The van der Waals surface area contributed by atoms with Gasteiger partial charge in [0.05, 0.1) is 18.5 Å². The number of rotatable bonds is 5. The molecule has 3 atom stereocenters. The Morgan fingerprint density at radius 2 is 2.17 bits per heavy atom. The van der Waals surface area contributed by atoms with Gasteiger partial charge in [0, 0.05) is 18.9 Å². The SMILES string of the molecule is O=C(N[C@@H]1CC(Cn2ccnc2)C[C@H]1O)OCc1ccccc1. The summed E-state index contributed by atoms with van der Waals surface area (Å²) in [7, 11) is 0. The Bertz CT molecular complexity index is 615. The van der Waals surface area contributed by atoms with Crippen LogP contribution in [0.5, 0.6) is 0 Å². The maximum absolute atomic E-state index is 11.9. The van der Waals surface area contributed by atoms with E-state index in [2.05, 4.69) is 10.3 Å². The van der Waals surface area contributed by atoms with E-state index in [0.29, 0.717) is 12.3 Å². The summed E-state index contributed by atoms with van der Waals surface area (Å²) in [6, 6.07) is 9.26. The summed E-state index contributed by atoms with van der Waals surface area (Å²) in [6.07, 6.45) is 5.79. The van der Waals surface area contributed by atoms with Crippen molar-refractivity contribution < 1.29 is 14.6 Å². The number of hydrogen-bond acceptors (Lipinski definition) is 4. The third-order valence-corrected chi connectivity index (χ3v) is 4.17. The van der Waals surface area contributed by atoms with Crippen LogP contribution < -0.4 is 5.32 Å². The van der Waals surface area contributed by atoms with Crippen molar-refractivity contribution in [3.05, 3.63) is 54.6 Å². The monoisotopic (exact) mass is 315 g/mol. The first-order valence-corrected chi connectivity index (χ1v) is 7.81. The first kappa shape index (κ1) is 15.6. The molecule has 6 nitrogen and oxygen atoms in total. The predicted octanol–water partition coefficient (Wildman–Crippen LogP) is 1.95. The molecule has 1 amide bonds. The van der Waals surface area contributed by atoms with E-state index >= 15 is 0 Å². The summed E-state index contributed by atoms with van der Waals surface area (Å²) in [5.74, 6) is 0.318. The number of aliphatic hydroxyl groups excluding tert-OH is 1. The van der Waals surface area contributed by atoms with E-state index in [9.17, 15) is 9.90 Å². The Morgan fingerprint density at radius 3 is 2.91 bits per heavy atom. The average Bonchev–Trinajstić information content (AvgIpc) is 3.17. The number of carbonyl (C=O) groups is 1. The van der Waals surface area contributed by atoms with E-state index in [4.69, 9.17) is 4.74 Å². The minimum absolute atomic E-state index is 0.230. The normalized spacial score (nSPS) is 23.6. The lowest BCUT2D eigenvalue weighted by Crippen LogP contribution is -2.40. The molecule has 6 heteroatoms. The molecule has 2 N–H and O–H groups in total. The highest BCUT2D eigenvalue weighted by Gasteiger charge is 2.34. The largest absolute Gasteiger partial charge is 0.445 e. The first-order valence-electron chi connectivity index (χ1n) is 7.81. The summed E-state index contributed by atoms with van der Waals surface area (Å²) >= 11 is 0. The first-order chi connectivity index (χ1) is 11.2. The summed E-state index contributed by atoms with van der Waals surface area (Å²) in [5, 5.41) is 12.9. The fourth-order valence-electron chi connectivity index (χ4n) is 3.03. The number of benzene rings is 1. The third kappa shape index (κ3) is 4.32. The molecule has 1 heterocycles. The highest BCUT2D eigenvalue weighted by molar-refractivity contribution is 5.67. The van der Waals surface area contributed by atoms with Crippen molar-refractivity contribution in [2.24, 2.45) is 5.92 Å². The van der Waals surface area contributed by atoms with Crippen molar-refractivity contribution in [2.75, 3.05) is 0 Å². The van der Waals surface area contributed by atoms with E-state index in [1.165, 1.54) is 0 Å². The number of nitrogens with one attached hydrogen (secondary N) is 1. The molecule has 1 fully saturated rings. The second-order valence-corrected chi connectivity index (χ2v) is 5.98. The van der Waals surface area contributed by atoms with Crippen molar-refractivity contribution in [2.45, 2.75) is 38.1 Å². The molecule has 2 aromatic rings. The molecule has 0 spiro atoms. The average molecular weight is 315 g/mol. The molecule has 1 unspecified atom stereocenters. The van der Waals surface area contributed by atoms with Gasteiger partial charge in [0.15, 0.2) is 0 Å². The second-order valence-electron chi connectivity index (χ2n) is 5.98. The summed E-state index contributed by atoms with van der Waals surface area (Å²) in [4.78, 5) is 15.9. The standard InChI is InChI=1S/C17H21N3O3/c21-16-9-14(10-20-7-6-18-12-20)8-15(16)19-17(22)23-11-13-4-2-1-3-5-13/h1-7,12,14-16,21H,8-11H2,(H,19,22)/t14?,15-,16-/m1/s1. The predicted molar refractivity (Wildman–Crippen MR) is 84.5 cm³/mol. The molecule has 0 aliphatic heterocycles. The van der Waals surface area contributed by atoms with E-state index in [0.717, 1.165) is 18.5 Å². The molecule has 1 aromatic carbocycles. The van der Waals surface area contributed by atoms with E-state index < -0.39 is 12.2 Å². The van der Waals surface area contributed by atoms with Crippen molar-refractivity contribution >= 4 is 6.09 Å². The van der Waals surface area contributed by atoms with Crippen LogP contribution in [0.4, 0.5) is 4.79 Å². The van der Waals surface area contributed by atoms with Crippen LogP contribution in [0.3, 0.4) is 0 Å². The van der Waals surface area contributed by atoms with Gasteiger partial charge < -0.3 is 19.7 Å². The number of aromatic nitrogens is 2. The Morgan fingerprint density at radius 1 is 1.35 bits per heavy atom. The fraction of sp³-hybridized carbons (Fsp3) is 0.412. The van der Waals surface area contributed by atoms with Crippen LogP contribution in [0.2, 0.25) is 0 Å². The van der Waals surface area contributed by atoms with Gasteiger partial charge in [-0.15, -0.1) is 0 Å². The van der Waals surface area contributed by atoms with Crippen LogP contribution in [0.25, 0.3) is 0 Å². The number of carbonyl (C=O) groups excluding carboxylic acids is 1. The molecule has 3 rings (SSSR count). The zero-order valence-corrected chi connectivity index (χ0v) is 12.8. The van der Waals surface area contributed by atoms with Crippen LogP contribution in [0, 0.1) is 5.92 Å². The maximum atomic E-state index is 11.9. The Kier molecular flexibility index (Phi) is 4.92. The number of amides is 1. The highest BCUT2D eigenvalue weighted by Crippen LogP contribution is 2.27. The third-order valence-electron chi connectivity index (χ3n) is 4.17. The van der Waals surface area contributed by atoms with Gasteiger partial charge in [0.25, 0.3) is 0 Å². The van der Waals surface area contributed by atoms with Crippen LogP contribution >= 0.6 is 0 Å². The minimum atomic E-state index is -0.534. The van der Waals surface area contributed by atoms with E-state index in [1.807, 2.05) is 41.1 Å². The van der Waals surface area contributed by atoms with Gasteiger partial charge in [-0.3, -0.25) is 0 Å². The van der Waals surface area contributed by atoms with Gasteiger partial charge in [-0.05, 0) is 24.3 Å². The number of nitrogens with zero attached hydrogens (tertiary/aromatic N) is 2. The smallest absolute Gasteiger partial charge is 0.407 e. The Balaban J connectivity index is 1.45. The quantitative estimate of drug-likeness (QED) is 0.884. The van der Waals surface area contributed by atoms with Crippen LogP contribution in [0.15, 0.2) is 49.1 Å². The molecular formula is C17H21N3O3. The molecule has 1 aliphatic rings. The second kappa shape index (κ2) is 7.28. The lowest BCUT2D eigenvalue weighted by molar-refractivity contribution is 0.113. The van der Waals surface area contributed by atoms with Gasteiger partial charge >= 0.3 is 6.09 Å². The van der Waals surface area contributed by atoms with Gasteiger partial charge in [0.2, 0.25) is 0 Å². The van der Waals surface area contributed by atoms with Crippen LogP contribution in [-0.2, 0) is 17.9 Å². The maximum Gasteiger partial charge on any atom is 0.407 e. The molecular weight excluding hydrogens is 294 g/mol. The van der Waals surface area contributed by atoms with Crippen molar-refractivity contribution in [1.82, 2.24) is 14.9 Å². The molecule has 0 radical (unpaired) electrons. The van der Waals surface area contributed by atoms with Crippen molar-refractivity contribution in [1.29, 1.82) is 0 Å². The van der Waals surface area contributed by atoms with Gasteiger partial charge in [-0.25, -0.2) is 9.78 Å². The Labute approximate surface area is 135 Å². The zero-order chi connectivity index (χ0) is 16.1. The lowest BCUT2D eigenvalue weighted by atomic mass is 10.1. The van der Waals surface area contributed by atoms with Gasteiger partial charge in [-0.2, -0.15) is 0 Å². The van der Waals surface area contributed by atoms with Crippen LogP contribution in [0.1, 0.15) is 18.4 Å². The topological polar surface area (TPSA) is 76.4 Å². The zero-order valence-electron chi connectivity index (χ0n) is 12.8. The highest BCUT2D eigenvalue weighted by atomic mass is 16.5. The molecule has 1 aliphatic carbocycles. The minimum Gasteiger partial charge on any atom is -0.445 e. The molecule has 0 bridgehead atoms. The van der Waals surface area contributed by atoms with E-state index in [-0.39, 0.29) is 12.6 Å². The number of aliphatic hydroxyl groups is 1. The van der Waals surface area contributed by atoms with Crippen molar-refractivity contribution in [3.8, 4) is 0 Å². The number of ether oxygens (including phenoxy) is 1. The summed E-state index contributed by atoms with van der Waals surface area (Å²) in [5.41, 5.74) is 0.938. The van der Waals surface area contributed by atoms with Crippen molar-refractivity contribution in [3.63, 3.8) is 0 Å². The Hall–Kier alpha value is -2.34. The molecule has 1 saturated carbocycles. The van der Waals surface area contributed by atoms with Gasteiger partial charge in [0.1, 0.15) is 6.61 Å². The fourth-order valence-corrected chi connectivity index (χ4v) is 3.03. The molecule has 23 heavy (non-hydrogen) atoms. The number of hydrogen-bond donors (Lipinski definition) is 2. The summed E-state index contributed by atoms with van der Waals surface area (Å²) in [6.45, 7) is 1.03. The summed E-state index contributed by atoms with van der Waals surface area (Å²) < 4.78 is 7.20. The molecule has 122 valence electrons. The lowest BCUT2D eigenvalue weighted by Gasteiger charge is -2.16.